The van der Waals surface area contributed by atoms with E-state index in [9.17, 15) is 8.78 Å². The Hall–Kier alpha value is -2.99. The smallest absolute Gasteiger partial charge is 0.196 e. The average molecular weight is 379 g/mol. The second kappa shape index (κ2) is 7.72. The second-order valence-electron chi connectivity index (χ2n) is 5.88. The van der Waals surface area contributed by atoms with Gasteiger partial charge in [-0.25, -0.2) is 8.78 Å². The molecule has 0 aliphatic heterocycles. The Morgan fingerprint density at radius 2 is 1.52 bits per heavy atom. The lowest BCUT2D eigenvalue weighted by Crippen LogP contribution is -2.03. The molecule has 0 aliphatic carbocycles. The summed E-state index contributed by atoms with van der Waals surface area (Å²) in [5.74, 6) is -0.106. The molecule has 1 aromatic heterocycles. The summed E-state index contributed by atoms with van der Waals surface area (Å²) in [5, 5.41) is 9.08. The van der Waals surface area contributed by atoms with Crippen LogP contribution in [0.2, 0.25) is 0 Å². The van der Waals surface area contributed by atoms with Crippen LogP contribution in [0.4, 0.5) is 8.78 Å². The zero-order valence-electron chi connectivity index (χ0n) is 14.2. The number of hydrogen-bond acceptors (Lipinski definition) is 3. The van der Waals surface area contributed by atoms with Crippen molar-refractivity contribution in [1.29, 1.82) is 0 Å². The van der Waals surface area contributed by atoms with E-state index in [0.717, 1.165) is 17.2 Å². The van der Waals surface area contributed by atoms with Gasteiger partial charge in [0.05, 0.1) is 5.69 Å². The summed E-state index contributed by atoms with van der Waals surface area (Å²) in [5.41, 5.74) is 2.15. The minimum atomic E-state index is -0.659. The van der Waals surface area contributed by atoms with E-state index in [1.807, 2.05) is 60.7 Å². The van der Waals surface area contributed by atoms with Gasteiger partial charge in [-0.05, 0) is 17.7 Å². The largest absolute Gasteiger partial charge is 0.267 e. The third-order valence-corrected chi connectivity index (χ3v) is 5.03. The van der Waals surface area contributed by atoms with E-state index in [-0.39, 0.29) is 5.69 Å². The molecule has 0 amide bonds. The van der Waals surface area contributed by atoms with E-state index in [2.05, 4.69) is 10.2 Å². The summed E-state index contributed by atoms with van der Waals surface area (Å²) < 4.78 is 29.6. The highest BCUT2D eigenvalue weighted by Gasteiger charge is 2.19. The van der Waals surface area contributed by atoms with Crippen LogP contribution in [-0.2, 0) is 5.75 Å². The molecule has 0 spiro atoms. The van der Waals surface area contributed by atoms with E-state index in [4.69, 9.17) is 0 Å². The molecule has 0 saturated carbocycles. The lowest BCUT2D eigenvalue weighted by molar-refractivity contribution is 0.575. The van der Waals surface area contributed by atoms with E-state index in [1.165, 1.54) is 23.9 Å². The summed E-state index contributed by atoms with van der Waals surface area (Å²) in [4.78, 5) is 0. The minimum Gasteiger partial charge on any atom is -0.267 e. The first-order chi connectivity index (χ1) is 13.2. The van der Waals surface area contributed by atoms with Crippen LogP contribution in [0.1, 0.15) is 5.56 Å². The van der Waals surface area contributed by atoms with Crippen LogP contribution in [0.5, 0.6) is 0 Å². The molecule has 6 heteroatoms. The number of thioether (sulfide) groups is 1. The van der Waals surface area contributed by atoms with E-state index < -0.39 is 11.6 Å². The van der Waals surface area contributed by atoms with Crippen molar-refractivity contribution in [2.45, 2.75) is 10.9 Å². The molecule has 3 aromatic carbocycles. The fraction of sp³-hybridized carbons (Fsp3) is 0.0476. The van der Waals surface area contributed by atoms with Gasteiger partial charge in [-0.3, -0.25) is 4.57 Å². The normalized spacial score (nSPS) is 10.9. The summed E-state index contributed by atoms with van der Waals surface area (Å²) in [6.07, 6.45) is 0. The standard InChI is InChI=1S/C21H15F2N3S/c22-17-11-12-19(18(23)13-17)26-20(16-9-5-2-6-10-16)24-25-21(26)27-14-15-7-3-1-4-8-15/h1-13H,14H2. The molecular weight excluding hydrogens is 364 g/mol. The first-order valence-corrected chi connectivity index (χ1v) is 9.34. The lowest BCUT2D eigenvalue weighted by Gasteiger charge is -2.11. The third-order valence-electron chi connectivity index (χ3n) is 4.03. The predicted molar refractivity (Wildman–Crippen MR) is 103 cm³/mol. The van der Waals surface area contributed by atoms with Crippen molar-refractivity contribution < 1.29 is 8.78 Å². The quantitative estimate of drug-likeness (QED) is 0.429. The van der Waals surface area contributed by atoms with Crippen LogP contribution >= 0.6 is 11.8 Å². The van der Waals surface area contributed by atoms with E-state index >= 15 is 0 Å². The van der Waals surface area contributed by atoms with Gasteiger partial charge in [0.15, 0.2) is 11.0 Å². The molecule has 0 aliphatic rings. The van der Waals surface area contributed by atoms with Crippen LogP contribution in [-0.4, -0.2) is 14.8 Å². The van der Waals surface area contributed by atoms with Crippen molar-refractivity contribution in [3.63, 3.8) is 0 Å². The number of aromatic nitrogens is 3. The van der Waals surface area contributed by atoms with Gasteiger partial charge in [0, 0.05) is 17.4 Å². The van der Waals surface area contributed by atoms with Gasteiger partial charge in [-0.15, -0.1) is 10.2 Å². The minimum absolute atomic E-state index is 0.218. The second-order valence-corrected chi connectivity index (χ2v) is 6.82. The topological polar surface area (TPSA) is 30.7 Å². The Balaban J connectivity index is 1.78. The highest BCUT2D eigenvalue weighted by atomic mass is 32.2. The summed E-state index contributed by atoms with van der Waals surface area (Å²) >= 11 is 1.45. The van der Waals surface area contributed by atoms with Crippen molar-refractivity contribution in [2.75, 3.05) is 0 Å². The Morgan fingerprint density at radius 1 is 0.815 bits per heavy atom. The van der Waals surface area contributed by atoms with Gasteiger partial charge in [0.1, 0.15) is 11.6 Å². The fourth-order valence-electron chi connectivity index (χ4n) is 2.74. The van der Waals surface area contributed by atoms with Crippen molar-refractivity contribution in [2.24, 2.45) is 0 Å². The molecule has 27 heavy (non-hydrogen) atoms. The van der Waals surface area contributed by atoms with Gasteiger partial charge >= 0.3 is 0 Å². The first kappa shape index (κ1) is 17.4. The average Bonchev–Trinajstić information content (AvgIpc) is 3.11. The Bertz CT molecular complexity index is 1050. The molecule has 0 unspecified atom stereocenters. The lowest BCUT2D eigenvalue weighted by atomic mass is 10.2. The molecule has 134 valence electrons. The van der Waals surface area contributed by atoms with Crippen molar-refractivity contribution in [3.8, 4) is 17.1 Å². The number of benzene rings is 3. The zero-order chi connectivity index (χ0) is 18.6. The van der Waals surface area contributed by atoms with Crippen LogP contribution in [0, 0.1) is 11.6 Å². The predicted octanol–water partition coefficient (Wildman–Crippen LogP) is 5.50. The number of halogens is 2. The van der Waals surface area contributed by atoms with Crippen LogP contribution in [0.15, 0.2) is 84.0 Å². The number of hydrogen-bond donors (Lipinski definition) is 0. The van der Waals surface area contributed by atoms with Gasteiger partial charge in [-0.2, -0.15) is 0 Å². The molecule has 4 aromatic rings. The monoisotopic (exact) mass is 379 g/mol. The first-order valence-electron chi connectivity index (χ1n) is 8.35. The van der Waals surface area contributed by atoms with Crippen molar-refractivity contribution in [3.05, 3.63) is 96.1 Å². The molecule has 3 nitrogen and oxygen atoms in total. The van der Waals surface area contributed by atoms with Crippen LogP contribution in [0.25, 0.3) is 17.1 Å². The fourth-order valence-corrected chi connectivity index (χ4v) is 3.64. The summed E-state index contributed by atoms with van der Waals surface area (Å²) in [6.45, 7) is 0. The zero-order valence-corrected chi connectivity index (χ0v) is 15.0. The highest BCUT2D eigenvalue weighted by Crippen LogP contribution is 2.30. The Morgan fingerprint density at radius 3 is 2.22 bits per heavy atom. The molecule has 0 saturated heterocycles. The number of nitrogens with zero attached hydrogens (tertiary/aromatic N) is 3. The number of rotatable bonds is 5. The molecule has 4 rings (SSSR count). The Labute approximate surface area is 159 Å². The Kier molecular flexibility index (Phi) is 4.98. The van der Waals surface area contributed by atoms with E-state index in [0.29, 0.717) is 16.7 Å². The molecular formula is C21H15F2N3S. The summed E-state index contributed by atoms with van der Waals surface area (Å²) in [6, 6.07) is 22.9. The molecule has 0 N–H and O–H groups in total. The van der Waals surface area contributed by atoms with Gasteiger partial charge in [0.2, 0.25) is 0 Å². The van der Waals surface area contributed by atoms with Gasteiger partial charge in [-0.1, -0.05) is 72.4 Å². The maximum absolute atomic E-state index is 14.5. The molecule has 0 fully saturated rings. The van der Waals surface area contributed by atoms with Gasteiger partial charge in [0.25, 0.3) is 0 Å². The maximum atomic E-state index is 14.5. The van der Waals surface area contributed by atoms with Crippen LogP contribution < -0.4 is 0 Å². The third kappa shape index (κ3) is 3.75. The molecule has 1 heterocycles. The van der Waals surface area contributed by atoms with Crippen molar-refractivity contribution in [1.82, 2.24) is 14.8 Å². The highest BCUT2D eigenvalue weighted by molar-refractivity contribution is 7.98. The molecule has 0 atom stereocenters. The SMILES string of the molecule is Fc1ccc(-n2c(SCc3ccccc3)nnc2-c2ccccc2)c(F)c1. The van der Waals surface area contributed by atoms with Crippen molar-refractivity contribution >= 4 is 11.8 Å². The molecule has 0 radical (unpaired) electrons. The summed E-state index contributed by atoms with van der Waals surface area (Å²) in [7, 11) is 0. The molecule has 0 bridgehead atoms. The maximum Gasteiger partial charge on any atom is 0.196 e. The van der Waals surface area contributed by atoms with Gasteiger partial charge < -0.3 is 0 Å². The van der Waals surface area contributed by atoms with Crippen LogP contribution in [0.3, 0.4) is 0 Å². The van der Waals surface area contributed by atoms with E-state index in [1.54, 1.807) is 4.57 Å².